The number of aryl methyl sites for hydroxylation is 1. The van der Waals surface area contributed by atoms with Gasteiger partial charge in [0.1, 0.15) is 17.4 Å². The van der Waals surface area contributed by atoms with Crippen molar-refractivity contribution in [3.63, 3.8) is 0 Å². The molecule has 0 radical (unpaired) electrons. The van der Waals surface area contributed by atoms with Crippen LogP contribution in [0.5, 0.6) is 5.75 Å². The molecule has 0 unspecified atom stereocenters. The summed E-state index contributed by atoms with van der Waals surface area (Å²) in [7, 11) is 0. The van der Waals surface area contributed by atoms with Crippen molar-refractivity contribution in [1.82, 2.24) is 20.8 Å². The molecule has 0 atom stereocenters. The van der Waals surface area contributed by atoms with Crippen molar-refractivity contribution in [2.24, 2.45) is 0 Å². The molecule has 0 aliphatic rings. The molecule has 4 rings (SSSR count). The van der Waals surface area contributed by atoms with E-state index in [0.717, 1.165) is 27.4 Å². The second-order valence-corrected chi connectivity index (χ2v) is 8.73. The molecule has 0 aliphatic heterocycles. The molecule has 2 aromatic heterocycles. The Balaban J connectivity index is 1.24. The zero-order chi connectivity index (χ0) is 23.9. The lowest BCUT2D eigenvalue weighted by Gasteiger charge is -2.09. The minimum Gasteiger partial charge on any atom is -0.489 e. The van der Waals surface area contributed by atoms with Gasteiger partial charge in [-0.05, 0) is 60.5 Å². The Kier molecular flexibility index (Phi) is 7.51. The van der Waals surface area contributed by atoms with E-state index in [2.05, 4.69) is 20.8 Å². The fraction of sp³-hybridized carbons (Fsp3) is 0.120. The number of nitrogens with one attached hydrogen (secondary N) is 2. The molecule has 0 bridgehead atoms. The molecule has 2 amide bonds. The van der Waals surface area contributed by atoms with Gasteiger partial charge in [0.25, 0.3) is 5.91 Å². The van der Waals surface area contributed by atoms with Gasteiger partial charge < -0.3 is 4.74 Å². The summed E-state index contributed by atoms with van der Waals surface area (Å²) in [5.41, 5.74) is 8.63. The highest BCUT2D eigenvalue weighted by Gasteiger charge is 2.11. The van der Waals surface area contributed by atoms with Crippen molar-refractivity contribution in [1.29, 1.82) is 0 Å². The van der Waals surface area contributed by atoms with Gasteiger partial charge in [-0.3, -0.25) is 25.4 Å². The van der Waals surface area contributed by atoms with Crippen molar-refractivity contribution in [3.8, 4) is 16.3 Å². The highest BCUT2D eigenvalue weighted by molar-refractivity contribution is 7.13. The van der Waals surface area contributed by atoms with Crippen LogP contribution < -0.4 is 15.6 Å². The van der Waals surface area contributed by atoms with Crippen LogP contribution in [-0.2, 0) is 17.8 Å². The lowest BCUT2D eigenvalue weighted by Crippen LogP contribution is -2.42. The first-order valence-corrected chi connectivity index (χ1v) is 11.7. The summed E-state index contributed by atoms with van der Waals surface area (Å²) in [5.74, 6) is -0.0535. The molecule has 4 aromatic rings. The number of carbonyl (C=O) groups excluding carboxylic acids is 2. The first kappa shape index (κ1) is 23.4. The van der Waals surface area contributed by atoms with Gasteiger partial charge in [-0.15, -0.1) is 11.3 Å². The number of benzene rings is 2. The number of carbonyl (C=O) groups is 2. The number of hydrazine groups is 1. The van der Waals surface area contributed by atoms with Crippen LogP contribution in [0.4, 0.5) is 0 Å². The molecule has 7 nitrogen and oxygen atoms in total. The zero-order valence-corrected chi connectivity index (χ0v) is 19.8. The van der Waals surface area contributed by atoms with Crippen LogP contribution in [0, 0.1) is 6.92 Å². The molecule has 0 saturated heterocycles. The monoisotopic (exact) mass is 492 g/mol. The topological polar surface area (TPSA) is 93.2 Å². The van der Waals surface area contributed by atoms with Crippen molar-refractivity contribution < 1.29 is 14.3 Å². The van der Waals surface area contributed by atoms with E-state index >= 15 is 0 Å². The number of ether oxygens (including phenoxy) is 1. The number of nitrogens with zero attached hydrogens (tertiary/aromatic N) is 2. The summed E-state index contributed by atoms with van der Waals surface area (Å²) < 4.78 is 5.77. The van der Waals surface area contributed by atoms with Crippen LogP contribution in [-0.4, -0.2) is 21.8 Å². The second-order valence-electron chi connectivity index (χ2n) is 7.46. The highest BCUT2D eigenvalue weighted by Crippen LogP contribution is 2.23. The van der Waals surface area contributed by atoms with E-state index < -0.39 is 5.91 Å². The van der Waals surface area contributed by atoms with Gasteiger partial charge >= 0.3 is 0 Å². The first-order chi connectivity index (χ1) is 16.5. The normalized spacial score (nSPS) is 10.5. The lowest BCUT2D eigenvalue weighted by atomic mass is 10.1. The molecular formula is C25H21ClN4O3S. The van der Waals surface area contributed by atoms with Crippen LogP contribution in [0.25, 0.3) is 10.6 Å². The third-order valence-electron chi connectivity index (χ3n) is 4.87. The Morgan fingerprint density at radius 1 is 1.09 bits per heavy atom. The maximum absolute atomic E-state index is 12.4. The fourth-order valence-electron chi connectivity index (χ4n) is 3.04. The maximum atomic E-state index is 12.4. The molecule has 34 heavy (non-hydrogen) atoms. The molecule has 0 spiro atoms. The predicted molar refractivity (Wildman–Crippen MR) is 132 cm³/mol. The van der Waals surface area contributed by atoms with Crippen LogP contribution in [0.15, 0.2) is 72.4 Å². The average Bonchev–Trinajstić information content (AvgIpc) is 3.32. The van der Waals surface area contributed by atoms with Crippen molar-refractivity contribution in [2.45, 2.75) is 20.0 Å². The molecule has 2 aromatic carbocycles. The largest absolute Gasteiger partial charge is 0.489 e. The molecule has 0 aliphatic carbocycles. The fourth-order valence-corrected chi connectivity index (χ4v) is 3.97. The van der Waals surface area contributed by atoms with E-state index in [1.54, 1.807) is 42.7 Å². The molecule has 2 N–H and O–H groups in total. The van der Waals surface area contributed by atoms with Gasteiger partial charge in [0, 0.05) is 33.9 Å². The summed E-state index contributed by atoms with van der Waals surface area (Å²) >= 11 is 7.47. The Bertz CT molecular complexity index is 1290. The van der Waals surface area contributed by atoms with Crippen LogP contribution in [0.2, 0.25) is 5.02 Å². The van der Waals surface area contributed by atoms with Crippen LogP contribution >= 0.6 is 22.9 Å². The van der Waals surface area contributed by atoms with Gasteiger partial charge in [0.05, 0.1) is 12.1 Å². The number of thiazole rings is 1. The molecule has 172 valence electrons. The summed E-state index contributed by atoms with van der Waals surface area (Å²) in [6.45, 7) is 2.27. The van der Waals surface area contributed by atoms with Crippen molar-refractivity contribution >= 4 is 34.8 Å². The highest BCUT2D eigenvalue weighted by atomic mass is 35.5. The number of aromatic nitrogens is 2. The Morgan fingerprint density at radius 3 is 2.65 bits per heavy atom. The smallest absolute Gasteiger partial charge is 0.269 e. The SMILES string of the molecule is Cc1cc(OCc2ccc(C(=O)NNC(=O)Cc3csc(-c4cccnc4)n3)cc2)ccc1Cl. The quantitative estimate of drug-likeness (QED) is 0.363. The number of rotatable bonds is 7. The number of hydrogen-bond acceptors (Lipinski definition) is 6. The summed E-state index contributed by atoms with van der Waals surface area (Å²) in [6.07, 6.45) is 3.47. The van der Waals surface area contributed by atoms with E-state index in [-0.39, 0.29) is 12.3 Å². The van der Waals surface area contributed by atoms with Crippen LogP contribution in [0.3, 0.4) is 0 Å². The third kappa shape index (κ3) is 6.18. The second kappa shape index (κ2) is 10.9. The number of halogens is 1. The summed E-state index contributed by atoms with van der Waals surface area (Å²) in [6, 6.07) is 16.2. The molecular weight excluding hydrogens is 472 g/mol. The number of amides is 2. The van der Waals surface area contributed by atoms with Gasteiger partial charge in [-0.1, -0.05) is 23.7 Å². The lowest BCUT2D eigenvalue weighted by molar-refractivity contribution is -0.121. The van der Waals surface area contributed by atoms with E-state index in [1.807, 2.05) is 36.6 Å². The summed E-state index contributed by atoms with van der Waals surface area (Å²) in [4.78, 5) is 33.1. The number of pyridine rings is 1. The van der Waals surface area contributed by atoms with Crippen molar-refractivity contribution in [3.05, 3.63) is 99.8 Å². The Labute approximate surface area is 205 Å². The molecule has 0 saturated carbocycles. The molecule has 0 fully saturated rings. The van der Waals surface area contributed by atoms with E-state index in [4.69, 9.17) is 16.3 Å². The third-order valence-corrected chi connectivity index (χ3v) is 6.23. The number of hydrogen-bond donors (Lipinski definition) is 2. The minimum atomic E-state index is -0.413. The van der Waals surface area contributed by atoms with E-state index in [1.165, 1.54) is 11.3 Å². The van der Waals surface area contributed by atoms with E-state index in [0.29, 0.717) is 22.9 Å². The summed E-state index contributed by atoms with van der Waals surface area (Å²) in [5, 5.41) is 3.29. The predicted octanol–water partition coefficient (Wildman–Crippen LogP) is 4.75. The van der Waals surface area contributed by atoms with Gasteiger partial charge in [0.15, 0.2) is 0 Å². The zero-order valence-electron chi connectivity index (χ0n) is 18.2. The van der Waals surface area contributed by atoms with Gasteiger partial charge in [0.2, 0.25) is 5.91 Å². The first-order valence-electron chi connectivity index (χ1n) is 10.4. The Hall–Kier alpha value is -3.75. The molecule has 2 heterocycles. The van der Waals surface area contributed by atoms with Crippen LogP contribution in [0.1, 0.15) is 27.2 Å². The van der Waals surface area contributed by atoms with Gasteiger partial charge in [-0.25, -0.2) is 4.98 Å². The maximum Gasteiger partial charge on any atom is 0.269 e. The average molecular weight is 493 g/mol. The standard InChI is InChI=1S/C25H21ClN4O3S/c1-16-11-21(8-9-22(16)26)33-14-17-4-6-18(7-5-17)24(32)30-29-23(31)12-20-15-34-25(28-20)19-3-2-10-27-13-19/h2-11,13,15H,12,14H2,1H3,(H,29,31)(H,30,32). The Morgan fingerprint density at radius 2 is 1.91 bits per heavy atom. The van der Waals surface area contributed by atoms with E-state index in [9.17, 15) is 9.59 Å². The van der Waals surface area contributed by atoms with Crippen molar-refractivity contribution in [2.75, 3.05) is 0 Å². The van der Waals surface area contributed by atoms with Gasteiger partial charge in [-0.2, -0.15) is 0 Å². The molecule has 9 heteroatoms. The minimum absolute atomic E-state index is 0.0531.